The zero-order chi connectivity index (χ0) is 10.4. The van der Waals surface area contributed by atoms with Gasteiger partial charge >= 0.3 is 0 Å². The van der Waals surface area contributed by atoms with Crippen molar-refractivity contribution in [3.05, 3.63) is 41.5 Å². The molecule has 76 valence electrons. The molecule has 1 aromatic carbocycles. The highest BCUT2D eigenvalue weighted by molar-refractivity contribution is 5.36. The van der Waals surface area contributed by atoms with Crippen molar-refractivity contribution < 1.29 is 4.74 Å². The van der Waals surface area contributed by atoms with Crippen LogP contribution in [-0.2, 0) is 6.42 Å². The van der Waals surface area contributed by atoms with Crippen LogP contribution >= 0.6 is 0 Å². The van der Waals surface area contributed by atoms with Crippen LogP contribution in [0, 0.1) is 0 Å². The molecule has 0 fully saturated rings. The lowest BCUT2D eigenvalue weighted by molar-refractivity contribution is 0.337. The van der Waals surface area contributed by atoms with E-state index in [0.717, 1.165) is 18.8 Å². The first-order chi connectivity index (χ1) is 6.77. The van der Waals surface area contributed by atoms with Crippen molar-refractivity contribution in [1.29, 1.82) is 0 Å². The molecule has 0 heterocycles. The molecule has 0 bridgehead atoms. The average molecular weight is 190 g/mol. The van der Waals surface area contributed by atoms with Crippen molar-refractivity contribution in [2.45, 2.75) is 27.2 Å². The first-order valence-corrected chi connectivity index (χ1v) is 5.10. The fraction of sp³-hybridized carbons (Fsp3) is 0.385. The summed E-state index contributed by atoms with van der Waals surface area (Å²) < 4.78 is 5.56. The summed E-state index contributed by atoms with van der Waals surface area (Å²) >= 11 is 0. The van der Waals surface area contributed by atoms with Crippen LogP contribution in [0.2, 0.25) is 0 Å². The normalized spacial score (nSPS) is 11.5. The molecule has 0 aliphatic heterocycles. The van der Waals surface area contributed by atoms with Crippen molar-refractivity contribution in [3.63, 3.8) is 0 Å². The van der Waals surface area contributed by atoms with Gasteiger partial charge in [0, 0.05) is 0 Å². The number of para-hydroxylation sites is 1. The van der Waals surface area contributed by atoms with E-state index in [1.165, 1.54) is 11.1 Å². The van der Waals surface area contributed by atoms with E-state index in [1.807, 2.05) is 19.1 Å². The maximum atomic E-state index is 5.56. The van der Waals surface area contributed by atoms with Gasteiger partial charge in [-0.1, -0.05) is 29.8 Å². The maximum Gasteiger partial charge on any atom is 0.122 e. The Morgan fingerprint density at radius 3 is 2.71 bits per heavy atom. The molecule has 0 aromatic heterocycles. The van der Waals surface area contributed by atoms with Crippen LogP contribution in [0.15, 0.2) is 35.9 Å². The molecule has 0 N–H and O–H groups in total. The lowest BCUT2D eigenvalue weighted by atomic mass is 10.1. The minimum absolute atomic E-state index is 0.728. The first kappa shape index (κ1) is 10.8. The lowest BCUT2D eigenvalue weighted by Crippen LogP contribution is -1.96. The predicted molar refractivity (Wildman–Crippen MR) is 60.7 cm³/mol. The third kappa shape index (κ3) is 2.91. The van der Waals surface area contributed by atoms with Crippen LogP contribution < -0.4 is 4.74 Å². The highest BCUT2D eigenvalue weighted by Crippen LogP contribution is 2.20. The summed E-state index contributed by atoms with van der Waals surface area (Å²) in [5.41, 5.74) is 2.64. The van der Waals surface area contributed by atoms with Crippen LogP contribution in [0.5, 0.6) is 5.75 Å². The molecule has 0 aliphatic carbocycles. The highest BCUT2D eigenvalue weighted by atomic mass is 16.5. The van der Waals surface area contributed by atoms with E-state index in [9.17, 15) is 0 Å². The van der Waals surface area contributed by atoms with Crippen molar-refractivity contribution in [3.8, 4) is 5.75 Å². The molecule has 1 nitrogen and oxygen atoms in total. The van der Waals surface area contributed by atoms with Gasteiger partial charge in [0.05, 0.1) is 6.61 Å². The standard InChI is InChI=1S/C13H18O/c1-4-11(3)10-12-8-6-7-9-13(12)14-5-2/h4,6-9H,5,10H2,1-3H3/b11-4+. The average Bonchev–Trinajstić information content (AvgIpc) is 2.21. The molecular formula is C13H18O. The van der Waals surface area contributed by atoms with E-state index >= 15 is 0 Å². The fourth-order valence-corrected chi connectivity index (χ4v) is 1.35. The van der Waals surface area contributed by atoms with Crippen molar-refractivity contribution >= 4 is 0 Å². The smallest absolute Gasteiger partial charge is 0.122 e. The molecule has 0 unspecified atom stereocenters. The molecule has 1 aromatic rings. The second kappa shape index (κ2) is 5.48. The first-order valence-electron chi connectivity index (χ1n) is 5.10. The monoisotopic (exact) mass is 190 g/mol. The van der Waals surface area contributed by atoms with Gasteiger partial charge in [-0.2, -0.15) is 0 Å². The summed E-state index contributed by atoms with van der Waals surface area (Å²) in [4.78, 5) is 0. The second-order valence-corrected chi connectivity index (χ2v) is 3.35. The maximum absolute atomic E-state index is 5.56. The van der Waals surface area contributed by atoms with Gasteiger partial charge in [-0.3, -0.25) is 0 Å². The number of allylic oxidation sites excluding steroid dienone is 2. The largest absolute Gasteiger partial charge is 0.494 e. The quantitative estimate of drug-likeness (QED) is 0.659. The van der Waals surface area contributed by atoms with Crippen LogP contribution in [-0.4, -0.2) is 6.61 Å². The van der Waals surface area contributed by atoms with Crippen molar-refractivity contribution in [1.82, 2.24) is 0 Å². The third-order valence-corrected chi connectivity index (χ3v) is 2.23. The van der Waals surface area contributed by atoms with Crippen LogP contribution in [0.25, 0.3) is 0 Å². The van der Waals surface area contributed by atoms with Gasteiger partial charge in [-0.15, -0.1) is 0 Å². The molecule has 14 heavy (non-hydrogen) atoms. The fourth-order valence-electron chi connectivity index (χ4n) is 1.35. The zero-order valence-electron chi connectivity index (χ0n) is 9.21. The molecule has 0 spiro atoms. The summed E-state index contributed by atoms with van der Waals surface area (Å²) in [7, 11) is 0. The molecule has 0 radical (unpaired) electrons. The van der Waals surface area contributed by atoms with E-state index < -0.39 is 0 Å². The molecule has 0 saturated carbocycles. The number of rotatable bonds is 4. The van der Waals surface area contributed by atoms with E-state index in [2.05, 4.69) is 32.1 Å². The SMILES string of the molecule is C/C=C(\C)Cc1ccccc1OCC. The Labute approximate surface area is 86.4 Å². The van der Waals surface area contributed by atoms with Crippen LogP contribution in [0.4, 0.5) is 0 Å². The van der Waals surface area contributed by atoms with Gasteiger partial charge in [-0.25, -0.2) is 0 Å². The minimum atomic E-state index is 0.728. The Hall–Kier alpha value is -1.24. The molecule has 0 saturated heterocycles. The minimum Gasteiger partial charge on any atom is -0.494 e. The molecule has 1 heteroatoms. The van der Waals surface area contributed by atoms with Gasteiger partial charge in [0.15, 0.2) is 0 Å². The van der Waals surface area contributed by atoms with E-state index in [1.54, 1.807) is 0 Å². The number of benzene rings is 1. The number of ether oxygens (including phenoxy) is 1. The van der Waals surface area contributed by atoms with Crippen LogP contribution in [0.1, 0.15) is 26.3 Å². The molecule has 1 rings (SSSR count). The summed E-state index contributed by atoms with van der Waals surface area (Å²) in [6, 6.07) is 8.22. The van der Waals surface area contributed by atoms with E-state index in [4.69, 9.17) is 4.74 Å². The third-order valence-electron chi connectivity index (χ3n) is 2.23. The molecular weight excluding hydrogens is 172 g/mol. The summed E-state index contributed by atoms with van der Waals surface area (Å²) in [5, 5.41) is 0. The summed E-state index contributed by atoms with van der Waals surface area (Å²) in [6.45, 7) is 6.95. The molecule has 0 amide bonds. The number of hydrogen-bond donors (Lipinski definition) is 0. The van der Waals surface area contributed by atoms with E-state index in [0.29, 0.717) is 0 Å². The summed E-state index contributed by atoms with van der Waals surface area (Å²) in [6.07, 6.45) is 3.12. The van der Waals surface area contributed by atoms with Crippen molar-refractivity contribution in [2.75, 3.05) is 6.61 Å². The Morgan fingerprint density at radius 1 is 1.36 bits per heavy atom. The number of hydrogen-bond acceptors (Lipinski definition) is 1. The Bertz CT molecular complexity index is 313. The van der Waals surface area contributed by atoms with Crippen molar-refractivity contribution in [2.24, 2.45) is 0 Å². The van der Waals surface area contributed by atoms with Gasteiger partial charge in [0.2, 0.25) is 0 Å². The summed E-state index contributed by atoms with van der Waals surface area (Å²) in [5.74, 6) is 1.01. The Kier molecular flexibility index (Phi) is 4.24. The Balaban J connectivity index is 2.84. The Morgan fingerprint density at radius 2 is 2.07 bits per heavy atom. The predicted octanol–water partition coefficient (Wildman–Crippen LogP) is 3.59. The van der Waals surface area contributed by atoms with E-state index in [-0.39, 0.29) is 0 Å². The topological polar surface area (TPSA) is 9.23 Å². The lowest BCUT2D eigenvalue weighted by Gasteiger charge is -2.09. The molecule has 0 atom stereocenters. The highest BCUT2D eigenvalue weighted by Gasteiger charge is 2.01. The molecule has 0 aliphatic rings. The second-order valence-electron chi connectivity index (χ2n) is 3.35. The van der Waals surface area contributed by atoms with Crippen LogP contribution in [0.3, 0.4) is 0 Å². The zero-order valence-corrected chi connectivity index (χ0v) is 9.21. The van der Waals surface area contributed by atoms with Gasteiger partial charge in [0.1, 0.15) is 5.75 Å². The van der Waals surface area contributed by atoms with Gasteiger partial charge in [-0.05, 0) is 38.8 Å². The van der Waals surface area contributed by atoms with Gasteiger partial charge in [0.25, 0.3) is 0 Å². The van der Waals surface area contributed by atoms with Gasteiger partial charge < -0.3 is 4.74 Å².